The van der Waals surface area contributed by atoms with Gasteiger partial charge in [-0.15, -0.1) is 24.0 Å². The number of nitrogens with zero attached hydrogens (tertiary/aromatic N) is 2. The summed E-state index contributed by atoms with van der Waals surface area (Å²) in [7, 11) is 4.06. The molecule has 0 aliphatic carbocycles. The van der Waals surface area contributed by atoms with Crippen molar-refractivity contribution in [2.75, 3.05) is 33.7 Å². The van der Waals surface area contributed by atoms with E-state index in [4.69, 9.17) is 0 Å². The second kappa shape index (κ2) is 13.1. The van der Waals surface area contributed by atoms with Gasteiger partial charge in [0.25, 0.3) is 0 Å². The molecule has 0 aliphatic rings. The number of alkyl halides is 2. The summed E-state index contributed by atoms with van der Waals surface area (Å²) in [5.74, 6) is 0.837. The van der Waals surface area contributed by atoms with Crippen molar-refractivity contribution in [1.29, 1.82) is 0 Å². The Bertz CT molecular complexity index is 527. The van der Waals surface area contributed by atoms with Crippen molar-refractivity contribution in [2.24, 2.45) is 4.99 Å². The van der Waals surface area contributed by atoms with E-state index < -0.39 is 6.61 Å². The van der Waals surface area contributed by atoms with E-state index in [1.54, 1.807) is 12.1 Å². The summed E-state index contributed by atoms with van der Waals surface area (Å²) in [6.45, 7) is 3.82. The molecule has 0 saturated heterocycles. The number of ether oxygens (including phenoxy) is 1. The molecular formula is C17H29F2IN4O. The Kier molecular flexibility index (Phi) is 12.5. The van der Waals surface area contributed by atoms with Crippen molar-refractivity contribution in [3.63, 3.8) is 0 Å². The van der Waals surface area contributed by atoms with Gasteiger partial charge in [-0.1, -0.05) is 17.7 Å². The first-order valence-electron chi connectivity index (χ1n) is 8.13. The van der Waals surface area contributed by atoms with E-state index in [0.717, 1.165) is 31.6 Å². The number of nitrogens with one attached hydrogen (secondary N) is 2. The fourth-order valence-corrected chi connectivity index (χ4v) is 2.15. The second-order valence-electron chi connectivity index (χ2n) is 5.77. The minimum Gasteiger partial charge on any atom is -0.434 e. The number of aliphatic imine (C=N–C) groups is 1. The maximum Gasteiger partial charge on any atom is 0.387 e. The molecule has 1 aromatic carbocycles. The van der Waals surface area contributed by atoms with E-state index in [-0.39, 0.29) is 36.3 Å². The molecule has 0 radical (unpaired) electrons. The lowest BCUT2D eigenvalue weighted by molar-refractivity contribution is -0.0504. The molecular weight excluding hydrogens is 441 g/mol. The van der Waals surface area contributed by atoms with Crippen LogP contribution in [0.1, 0.15) is 24.5 Å². The van der Waals surface area contributed by atoms with Gasteiger partial charge in [0.15, 0.2) is 5.96 Å². The summed E-state index contributed by atoms with van der Waals surface area (Å²) >= 11 is 0. The first kappa shape index (κ1) is 23.8. The Labute approximate surface area is 166 Å². The Balaban J connectivity index is 0.00000576. The molecule has 8 heteroatoms. The number of hydrogen-bond donors (Lipinski definition) is 2. The smallest absolute Gasteiger partial charge is 0.387 e. The van der Waals surface area contributed by atoms with Gasteiger partial charge >= 0.3 is 6.61 Å². The van der Waals surface area contributed by atoms with E-state index in [2.05, 4.69) is 25.3 Å². The molecule has 0 atom stereocenters. The molecule has 0 fully saturated rings. The summed E-state index contributed by atoms with van der Waals surface area (Å²) in [6.07, 6.45) is 0.988. The molecule has 25 heavy (non-hydrogen) atoms. The van der Waals surface area contributed by atoms with E-state index in [0.29, 0.717) is 11.5 Å². The maximum absolute atomic E-state index is 12.5. The Hall–Kier alpha value is -1.16. The van der Waals surface area contributed by atoms with Gasteiger partial charge in [0.1, 0.15) is 5.75 Å². The van der Waals surface area contributed by atoms with Gasteiger partial charge in [-0.3, -0.25) is 0 Å². The molecule has 0 bridgehead atoms. The Morgan fingerprint density at radius 3 is 2.60 bits per heavy atom. The highest BCUT2D eigenvalue weighted by Crippen LogP contribution is 2.22. The van der Waals surface area contributed by atoms with Gasteiger partial charge in [0.2, 0.25) is 0 Å². The van der Waals surface area contributed by atoms with Crippen LogP contribution in [0, 0.1) is 6.92 Å². The van der Waals surface area contributed by atoms with E-state index in [9.17, 15) is 8.78 Å². The van der Waals surface area contributed by atoms with Crippen LogP contribution < -0.4 is 15.4 Å². The molecule has 2 N–H and O–H groups in total. The maximum atomic E-state index is 12.5. The van der Waals surface area contributed by atoms with Gasteiger partial charge < -0.3 is 20.3 Å². The lowest BCUT2D eigenvalue weighted by Gasteiger charge is -2.14. The van der Waals surface area contributed by atoms with Crippen LogP contribution in [-0.2, 0) is 6.54 Å². The molecule has 1 aromatic rings. The quantitative estimate of drug-likeness (QED) is 0.252. The Morgan fingerprint density at radius 1 is 1.28 bits per heavy atom. The zero-order chi connectivity index (χ0) is 17.9. The number of hydrogen-bond acceptors (Lipinski definition) is 3. The van der Waals surface area contributed by atoms with Crippen LogP contribution in [0.5, 0.6) is 5.75 Å². The third-order valence-electron chi connectivity index (χ3n) is 3.26. The summed E-state index contributed by atoms with van der Waals surface area (Å²) in [5, 5.41) is 6.40. The fraction of sp³-hybridized carbons (Fsp3) is 0.588. The van der Waals surface area contributed by atoms with Crippen LogP contribution in [0.15, 0.2) is 23.2 Å². The van der Waals surface area contributed by atoms with E-state index in [1.807, 2.05) is 34.0 Å². The predicted molar refractivity (Wildman–Crippen MR) is 109 cm³/mol. The number of halogens is 3. The van der Waals surface area contributed by atoms with Crippen molar-refractivity contribution in [1.82, 2.24) is 15.5 Å². The molecule has 0 saturated carbocycles. The summed E-state index contributed by atoms with van der Waals surface area (Å²) in [4.78, 5) is 6.58. The van der Waals surface area contributed by atoms with E-state index >= 15 is 0 Å². The minimum atomic E-state index is -2.84. The van der Waals surface area contributed by atoms with Crippen molar-refractivity contribution in [3.8, 4) is 5.75 Å². The van der Waals surface area contributed by atoms with Gasteiger partial charge in [-0.25, -0.2) is 4.99 Å². The van der Waals surface area contributed by atoms with Gasteiger partial charge in [-0.2, -0.15) is 8.78 Å². The molecule has 0 aromatic heterocycles. The van der Waals surface area contributed by atoms with Crippen LogP contribution in [0.25, 0.3) is 0 Å². The van der Waals surface area contributed by atoms with Crippen molar-refractivity contribution < 1.29 is 13.5 Å². The monoisotopic (exact) mass is 470 g/mol. The lowest BCUT2D eigenvalue weighted by Crippen LogP contribution is -2.38. The first-order valence-corrected chi connectivity index (χ1v) is 8.13. The molecule has 5 nitrogen and oxygen atoms in total. The van der Waals surface area contributed by atoms with Crippen molar-refractivity contribution >= 4 is 29.9 Å². The molecule has 1 rings (SSSR count). The third kappa shape index (κ3) is 10.4. The van der Waals surface area contributed by atoms with Gasteiger partial charge in [-0.05, 0) is 47.0 Å². The summed E-state index contributed by atoms with van der Waals surface area (Å²) in [6, 6.07) is 5.12. The zero-order valence-corrected chi connectivity index (χ0v) is 17.6. The lowest BCUT2D eigenvalue weighted by atomic mass is 10.1. The normalized spacial score (nSPS) is 11.4. The average molecular weight is 470 g/mol. The van der Waals surface area contributed by atoms with Gasteiger partial charge in [0.05, 0.1) is 6.54 Å². The first-order chi connectivity index (χ1) is 11.4. The molecule has 0 spiro atoms. The molecule has 0 unspecified atom stereocenters. The molecule has 0 heterocycles. The topological polar surface area (TPSA) is 48.9 Å². The molecule has 144 valence electrons. The summed E-state index contributed by atoms with van der Waals surface area (Å²) < 4.78 is 29.6. The van der Waals surface area contributed by atoms with E-state index in [1.165, 1.54) is 0 Å². The van der Waals surface area contributed by atoms with Crippen LogP contribution in [0.4, 0.5) is 8.78 Å². The largest absolute Gasteiger partial charge is 0.434 e. The Morgan fingerprint density at radius 2 is 2.00 bits per heavy atom. The highest BCUT2D eigenvalue weighted by atomic mass is 127. The predicted octanol–water partition coefficient (Wildman–Crippen LogP) is 3.22. The highest BCUT2D eigenvalue weighted by molar-refractivity contribution is 14.0. The van der Waals surface area contributed by atoms with Crippen LogP contribution in [0.2, 0.25) is 0 Å². The minimum absolute atomic E-state index is 0. The second-order valence-corrected chi connectivity index (χ2v) is 5.77. The summed E-state index contributed by atoms with van der Waals surface area (Å²) in [5.41, 5.74) is 1.62. The van der Waals surface area contributed by atoms with Gasteiger partial charge in [0, 0.05) is 18.7 Å². The standard InChI is InChI=1S/C17H28F2N4O.HI/c1-5-20-17(21-9-6-10-23(3)4)22-12-14-11-13(2)7-8-15(14)24-16(18)19;/h7-8,11,16H,5-6,9-10,12H2,1-4H3,(H2,20,21,22);1H. The highest BCUT2D eigenvalue weighted by Gasteiger charge is 2.10. The van der Waals surface area contributed by atoms with Crippen molar-refractivity contribution in [3.05, 3.63) is 29.3 Å². The SMILES string of the molecule is CCNC(=NCc1cc(C)ccc1OC(F)F)NCCCN(C)C.I. The number of rotatable bonds is 9. The molecule has 0 amide bonds. The third-order valence-corrected chi connectivity index (χ3v) is 3.26. The van der Waals surface area contributed by atoms with Crippen LogP contribution in [0.3, 0.4) is 0 Å². The van der Waals surface area contributed by atoms with Crippen molar-refractivity contribution in [2.45, 2.75) is 33.4 Å². The zero-order valence-electron chi connectivity index (χ0n) is 15.3. The number of benzene rings is 1. The average Bonchev–Trinajstić information content (AvgIpc) is 2.50. The van der Waals surface area contributed by atoms with Crippen LogP contribution >= 0.6 is 24.0 Å². The fourth-order valence-electron chi connectivity index (χ4n) is 2.15. The molecule has 0 aliphatic heterocycles. The number of guanidine groups is 1. The number of aryl methyl sites for hydroxylation is 1. The van der Waals surface area contributed by atoms with Crippen LogP contribution in [-0.4, -0.2) is 51.2 Å².